The fourth-order valence-electron chi connectivity index (χ4n) is 13.8. The van der Waals surface area contributed by atoms with Crippen LogP contribution in [0.3, 0.4) is 0 Å². The molecule has 1 fully saturated rings. The van der Waals surface area contributed by atoms with E-state index in [0.717, 1.165) is 140 Å². The average molecular weight is 1980 g/mol. The highest BCUT2D eigenvalue weighted by molar-refractivity contribution is 7.17. The molecular weight excluding hydrogens is 1890 g/mol. The van der Waals surface area contributed by atoms with Crippen molar-refractivity contribution in [3.63, 3.8) is 0 Å². The van der Waals surface area contributed by atoms with E-state index in [1.807, 2.05) is 151 Å². The number of nitrogens with zero attached hydrogens (tertiary/aromatic N) is 16. The summed E-state index contributed by atoms with van der Waals surface area (Å²) < 4.78 is 29.5. The van der Waals surface area contributed by atoms with Gasteiger partial charge in [-0.05, 0) is 181 Å². The van der Waals surface area contributed by atoms with Gasteiger partial charge in [-0.25, -0.2) is 18.7 Å². The predicted octanol–water partition coefficient (Wildman–Crippen LogP) is 30.3. The van der Waals surface area contributed by atoms with Gasteiger partial charge < -0.3 is 18.1 Å². The number of hydrogen-bond donors (Lipinski definition) is 0. The number of benzene rings is 4. The molecule has 672 valence electrons. The van der Waals surface area contributed by atoms with Crippen LogP contribution in [-0.2, 0) is 17.3 Å². The van der Waals surface area contributed by atoms with Crippen molar-refractivity contribution < 1.29 is 18.1 Å². The minimum absolute atomic E-state index is 0.154. The van der Waals surface area contributed by atoms with Crippen LogP contribution in [0.15, 0.2) is 139 Å². The van der Waals surface area contributed by atoms with E-state index in [-0.39, 0.29) is 16.7 Å². The van der Waals surface area contributed by atoms with Crippen molar-refractivity contribution in [1.82, 2.24) is 79.7 Å². The third-order valence-corrected chi connectivity index (χ3v) is 26.8. The van der Waals surface area contributed by atoms with Crippen LogP contribution in [0.1, 0.15) is 218 Å². The quantitative estimate of drug-likeness (QED) is 0.0772. The molecule has 0 saturated heterocycles. The molecule has 0 N–H and O–H groups in total. The summed E-state index contributed by atoms with van der Waals surface area (Å²) in [5.74, 6) is 30.9. The Hall–Kier alpha value is -10.4. The van der Waals surface area contributed by atoms with Crippen molar-refractivity contribution in [1.29, 1.82) is 0 Å². The summed E-state index contributed by atoms with van der Waals surface area (Å²) in [4.78, 5) is 26.4. The van der Waals surface area contributed by atoms with Gasteiger partial charge in [0.25, 0.3) is 23.6 Å². The largest absolute Gasteiger partial charge is 0.332 e. The van der Waals surface area contributed by atoms with Crippen LogP contribution in [0, 0.1) is 81.0 Å². The lowest BCUT2D eigenvalue weighted by Crippen LogP contribution is -2.13. The SMILES string of the molecule is CCCC#Cc1ccc(-c2c(C)c(-c3nc(C(C)(C)C)no3)nn2-c2ccc(Cl)cc2Cl)s1.CCCC#Cc1ccc(-c2c(C)c(-c3nc(C(C)C)no3)nn2-c2ccc(Cl)cc2Cl)s1.CCCC#Cc1ccc(-c2c(C)c(-c3nc(CC)no3)nn2-c2ccc(Cl)cc2Cl)s1.Cc1c(-c2nc(C(C)(C)C)no2)nn(-c2ccc(Cl)cc2Cl)c1-c1ccc(C#CC2CCCC2)s1. The minimum atomic E-state index is -0.236. The number of rotatable bonds is 17. The minimum Gasteiger partial charge on any atom is -0.332 e. The number of aromatic nitrogens is 16. The highest BCUT2D eigenvalue weighted by Gasteiger charge is 2.33. The first-order chi connectivity index (χ1) is 62.8. The van der Waals surface area contributed by atoms with Crippen molar-refractivity contribution >= 4 is 138 Å². The molecule has 0 atom stereocenters. The topological polar surface area (TPSA) is 227 Å². The summed E-state index contributed by atoms with van der Waals surface area (Å²) in [6.45, 7) is 32.7. The third-order valence-electron chi connectivity index (χ3n) is 20.7. The summed E-state index contributed by atoms with van der Waals surface area (Å²) in [5, 5.41) is 40.1. The second kappa shape index (κ2) is 42.7. The molecule has 0 radical (unpaired) electrons. The number of hydrogen-bond acceptors (Lipinski definition) is 20. The second-order valence-corrected chi connectivity index (χ2v) is 40.9. The molecule has 17 rings (SSSR count). The van der Waals surface area contributed by atoms with Gasteiger partial charge in [0, 0.05) is 90.7 Å². The summed E-state index contributed by atoms with van der Waals surface area (Å²) in [5.41, 5.74) is 12.2. The predicted molar refractivity (Wildman–Crippen MR) is 535 cm³/mol. The van der Waals surface area contributed by atoms with Gasteiger partial charge >= 0.3 is 0 Å². The molecule has 1 saturated carbocycles. The lowest BCUT2D eigenvalue weighted by molar-refractivity contribution is 0.401. The standard InChI is InChI=1S/C27H26Cl2N4OS.C25H24Cl2N4OS.C24H22Cl2N4OS.C23H20Cl2N4OS/c1-16-23(25-30-26(32-34-25)27(2,3)4)31-33(21-13-10-18(28)15-20(21)29)24(16)22-14-12-19(35-22)11-9-17-7-5-6-8-17;1-6-7-8-9-17-11-13-20(33-17)22-15(2)21(23-28-24(30-32-23)25(3,4)5)29-31(22)19-12-10-16(26)14-18(19)27;1-5-6-7-8-17-10-12-20(32-17)22-15(4)21(24-27-23(14(2)3)29-31-24)28-30(22)19-11-9-16(25)13-18(19)26;1-4-6-7-8-16-10-12-19(31-16)22-14(3)21(23-26-20(5-2)28-30-23)27-29(22)18-11-9-15(24)13-17(18)25/h10,12-15,17H,5-8H2,1-4H3;10-14H,6-7H2,1-5H3;9-14H,5-6H2,1-4H3;9-13H,4-6H2,1-3H3. The molecule has 32 heteroatoms. The fourth-order valence-corrected chi connectivity index (χ4v) is 19.6. The van der Waals surface area contributed by atoms with Gasteiger partial charge in [-0.2, -0.15) is 40.3 Å². The molecule has 4 aromatic carbocycles. The number of thiophene rings is 4. The number of unbranched alkanes of at least 4 members (excludes halogenated alkanes) is 3. The van der Waals surface area contributed by atoms with Gasteiger partial charge in [0.15, 0.2) is 46.1 Å². The Balaban J connectivity index is 0.000000141. The van der Waals surface area contributed by atoms with Crippen LogP contribution in [0.5, 0.6) is 0 Å². The Labute approximate surface area is 818 Å². The lowest BCUT2D eigenvalue weighted by Gasteiger charge is -2.10. The molecule has 16 aromatic rings. The van der Waals surface area contributed by atoms with E-state index in [1.165, 1.54) is 25.7 Å². The van der Waals surface area contributed by atoms with Gasteiger partial charge in [0.2, 0.25) is 0 Å². The Morgan fingerprint density at radius 1 is 0.382 bits per heavy atom. The molecule has 1 aliphatic carbocycles. The van der Waals surface area contributed by atoms with E-state index in [0.29, 0.717) is 128 Å². The van der Waals surface area contributed by atoms with Crippen molar-refractivity contribution in [3.8, 4) is 159 Å². The van der Waals surface area contributed by atoms with Crippen LogP contribution in [0.4, 0.5) is 0 Å². The highest BCUT2D eigenvalue weighted by Crippen LogP contribution is 2.45. The van der Waals surface area contributed by atoms with Crippen molar-refractivity contribution in [3.05, 3.63) is 227 Å². The molecule has 20 nitrogen and oxygen atoms in total. The molecular formula is C99H92Cl8N16O4S4. The summed E-state index contributed by atoms with van der Waals surface area (Å²) in [6.07, 6.45) is 11.4. The second-order valence-electron chi connectivity index (χ2n) is 33.2. The number of aryl methyl sites for hydroxylation is 1. The van der Waals surface area contributed by atoms with Crippen LogP contribution in [-0.4, -0.2) is 79.7 Å². The highest BCUT2D eigenvalue weighted by atomic mass is 35.5. The normalized spacial score (nSPS) is 12.0. The molecule has 131 heavy (non-hydrogen) atoms. The Morgan fingerprint density at radius 2 is 0.679 bits per heavy atom. The molecule has 12 aromatic heterocycles. The zero-order chi connectivity index (χ0) is 93.3. The Morgan fingerprint density at radius 3 is 0.954 bits per heavy atom. The van der Waals surface area contributed by atoms with Gasteiger partial charge in [0.05, 0.1) is 105 Å². The maximum Gasteiger partial charge on any atom is 0.278 e. The monoisotopic (exact) mass is 1980 g/mol. The number of halogens is 8. The fraction of sp³-hybridized carbons (Fsp3) is 0.313. The summed E-state index contributed by atoms with van der Waals surface area (Å²) >= 11 is 57.3. The zero-order valence-electron chi connectivity index (χ0n) is 74.9. The maximum absolute atomic E-state index is 6.61. The van der Waals surface area contributed by atoms with Crippen LogP contribution in [0.25, 0.3) is 111 Å². The van der Waals surface area contributed by atoms with Crippen LogP contribution < -0.4 is 0 Å². The Kier molecular flexibility index (Phi) is 31.5. The molecule has 0 bridgehead atoms. The van der Waals surface area contributed by atoms with Crippen molar-refractivity contribution in [2.75, 3.05) is 0 Å². The first-order valence-corrected chi connectivity index (χ1v) is 49.0. The lowest BCUT2D eigenvalue weighted by atomic mass is 9.96. The van der Waals surface area contributed by atoms with Gasteiger partial charge in [-0.1, -0.05) is 257 Å². The van der Waals surface area contributed by atoms with E-state index >= 15 is 0 Å². The van der Waals surface area contributed by atoms with Crippen LogP contribution in [0.2, 0.25) is 40.2 Å². The van der Waals surface area contributed by atoms with Gasteiger partial charge in [0.1, 0.15) is 0 Å². The molecule has 0 spiro atoms. The summed E-state index contributed by atoms with van der Waals surface area (Å²) in [7, 11) is 0. The van der Waals surface area contributed by atoms with Crippen molar-refractivity contribution in [2.45, 2.75) is 198 Å². The first-order valence-electron chi connectivity index (χ1n) is 42.7. The third kappa shape index (κ3) is 22.6. The smallest absolute Gasteiger partial charge is 0.278 e. The average Bonchev–Trinajstić information content (AvgIpc) is 1.62. The first kappa shape index (κ1) is 96.7. The van der Waals surface area contributed by atoms with Gasteiger partial charge in [-0.15, -0.1) is 45.3 Å². The van der Waals surface area contributed by atoms with Crippen LogP contribution >= 0.6 is 138 Å². The van der Waals surface area contributed by atoms with E-state index in [9.17, 15) is 0 Å². The molecule has 1 aliphatic rings. The molecule has 12 heterocycles. The van der Waals surface area contributed by atoms with E-state index in [4.69, 9.17) is 131 Å². The van der Waals surface area contributed by atoms with E-state index in [2.05, 4.69) is 139 Å². The summed E-state index contributed by atoms with van der Waals surface area (Å²) in [6, 6.07) is 37.9. The molecule has 0 unspecified atom stereocenters. The van der Waals surface area contributed by atoms with Gasteiger partial charge in [-0.3, -0.25) is 0 Å². The Bertz CT molecular complexity index is 7090. The van der Waals surface area contributed by atoms with E-state index in [1.54, 1.807) is 93.9 Å². The molecule has 0 amide bonds. The zero-order valence-corrected chi connectivity index (χ0v) is 84.2. The maximum atomic E-state index is 6.61. The van der Waals surface area contributed by atoms with Crippen molar-refractivity contribution in [2.24, 2.45) is 5.92 Å². The molecule has 0 aliphatic heterocycles. The van der Waals surface area contributed by atoms with E-state index < -0.39 is 0 Å².